The summed E-state index contributed by atoms with van der Waals surface area (Å²) in [6.45, 7) is 0.592. The standard InChI is InChI=1S/C20H15ClF3N5OS/c21-15-4-2-1-3-14(15)11-29-8-6-18(27-29)25-19(30)16-9-13(12-31-16)10-28-7-5-17(26-28)20(22,23)24/h1-9,12H,10-11H2,(H,25,27,30). The van der Waals surface area contributed by atoms with Crippen molar-refractivity contribution < 1.29 is 18.0 Å². The van der Waals surface area contributed by atoms with Crippen molar-refractivity contribution in [3.05, 3.63) is 87.0 Å². The number of carbonyl (C=O) groups excluding carboxylic acids is 1. The number of hydrogen-bond donors (Lipinski definition) is 1. The van der Waals surface area contributed by atoms with Crippen molar-refractivity contribution >= 4 is 34.7 Å². The Kier molecular flexibility index (Phi) is 5.84. The Morgan fingerprint density at radius 2 is 1.81 bits per heavy atom. The molecule has 0 aliphatic carbocycles. The number of benzene rings is 1. The topological polar surface area (TPSA) is 64.7 Å². The number of hydrogen-bond acceptors (Lipinski definition) is 4. The highest BCUT2D eigenvalue weighted by Gasteiger charge is 2.33. The number of rotatable bonds is 6. The molecule has 3 aromatic heterocycles. The third-order valence-corrected chi connectivity index (χ3v) is 5.67. The summed E-state index contributed by atoms with van der Waals surface area (Å²) in [5.74, 6) is 0.0320. The number of halogens is 4. The third kappa shape index (κ3) is 5.15. The van der Waals surface area contributed by atoms with Crippen molar-refractivity contribution in [2.75, 3.05) is 5.32 Å². The molecule has 11 heteroatoms. The highest BCUT2D eigenvalue weighted by atomic mass is 35.5. The molecule has 1 amide bonds. The minimum atomic E-state index is -4.49. The van der Waals surface area contributed by atoms with Crippen LogP contribution in [0.3, 0.4) is 0 Å². The van der Waals surface area contributed by atoms with E-state index in [4.69, 9.17) is 11.6 Å². The van der Waals surface area contributed by atoms with Gasteiger partial charge in [-0.2, -0.15) is 23.4 Å². The maximum Gasteiger partial charge on any atom is 0.435 e. The maximum absolute atomic E-state index is 12.7. The molecule has 160 valence electrons. The van der Waals surface area contributed by atoms with E-state index in [1.165, 1.54) is 22.2 Å². The first-order valence-corrected chi connectivity index (χ1v) is 10.3. The van der Waals surface area contributed by atoms with Crippen LogP contribution in [0.25, 0.3) is 0 Å². The number of nitrogens with zero attached hydrogens (tertiary/aromatic N) is 4. The second-order valence-electron chi connectivity index (χ2n) is 6.66. The fourth-order valence-electron chi connectivity index (χ4n) is 2.86. The van der Waals surface area contributed by atoms with Gasteiger partial charge in [-0.15, -0.1) is 11.3 Å². The highest BCUT2D eigenvalue weighted by Crippen LogP contribution is 2.27. The molecule has 0 bridgehead atoms. The van der Waals surface area contributed by atoms with Crippen molar-refractivity contribution in [3.8, 4) is 0 Å². The van der Waals surface area contributed by atoms with Gasteiger partial charge < -0.3 is 5.32 Å². The third-order valence-electron chi connectivity index (χ3n) is 4.33. The first kappa shape index (κ1) is 21.1. The Bertz CT molecular complexity index is 1210. The number of aromatic nitrogens is 4. The lowest BCUT2D eigenvalue weighted by Gasteiger charge is -2.04. The monoisotopic (exact) mass is 465 g/mol. The predicted octanol–water partition coefficient (Wildman–Crippen LogP) is 5.16. The molecular formula is C20H15ClF3N5OS. The van der Waals surface area contributed by atoms with Crippen LogP contribution in [0.1, 0.15) is 26.5 Å². The summed E-state index contributed by atoms with van der Waals surface area (Å²) in [6.07, 6.45) is -1.50. The van der Waals surface area contributed by atoms with E-state index < -0.39 is 11.9 Å². The zero-order chi connectivity index (χ0) is 22.0. The fourth-order valence-corrected chi connectivity index (χ4v) is 3.85. The van der Waals surface area contributed by atoms with Crippen molar-refractivity contribution in [3.63, 3.8) is 0 Å². The van der Waals surface area contributed by atoms with E-state index >= 15 is 0 Å². The quantitative estimate of drug-likeness (QED) is 0.427. The Morgan fingerprint density at radius 3 is 2.55 bits per heavy atom. The van der Waals surface area contributed by atoms with E-state index in [-0.39, 0.29) is 12.5 Å². The van der Waals surface area contributed by atoms with Crippen LogP contribution in [0.4, 0.5) is 19.0 Å². The molecule has 4 aromatic rings. The van der Waals surface area contributed by atoms with Gasteiger partial charge in [0.05, 0.1) is 18.0 Å². The van der Waals surface area contributed by atoms with Crippen LogP contribution in [0.2, 0.25) is 5.02 Å². The zero-order valence-corrected chi connectivity index (χ0v) is 17.4. The Hall–Kier alpha value is -3.11. The first-order valence-electron chi connectivity index (χ1n) is 9.04. The van der Waals surface area contributed by atoms with Crippen LogP contribution in [-0.2, 0) is 19.3 Å². The summed E-state index contributed by atoms with van der Waals surface area (Å²) in [4.78, 5) is 12.9. The predicted molar refractivity (Wildman–Crippen MR) is 111 cm³/mol. The molecule has 1 N–H and O–H groups in total. The van der Waals surface area contributed by atoms with E-state index in [0.29, 0.717) is 27.8 Å². The van der Waals surface area contributed by atoms with E-state index in [2.05, 4.69) is 15.5 Å². The lowest BCUT2D eigenvalue weighted by atomic mass is 10.2. The smallest absolute Gasteiger partial charge is 0.304 e. The minimum absolute atomic E-state index is 0.131. The SMILES string of the molecule is O=C(Nc1ccn(Cc2ccccc2Cl)n1)c1cc(Cn2ccc(C(F)(F)F)n2)cs1. The second kappa shape index (κ2) is 8.56. The van der Waals surface area contributed by atoms with Crippen LogP contribution in [-0.4, -0.2) is 25.5 Å². The molecule has 0 fully saturated rings. The number of nitrogens with one attached hydrogen (secondary N) is 1. The molecule has 4 rings (SSSR count). The summed E-state index contributed by atoms with van der Waals surface area (Å²) >= 11 is 7.35. The van der Waals surface area contributed by atoms with Gasteiger partial charge in [-0.1, -0.05) is 29.8 Å². The van der Waals surface area contributed by atoms with E-state index in [9.17, 15) is 18.0 Å². The summed E-state index contributed by atoms with van der Waals surface area (Å²) in [5.41, 5.74) is 0.629. The largest absolute Gasteiger partial charge is 0.435 e. The number of anilines is 1. The molecule has 0 saturated heterocycles. The molecule has 6 nitrogen and oxygen atoms in total. The first-order chi connectivity index (χ1) is 14.8. The molecule has 0 aliphatic rings. The normalized spacial score (nSPS) is 11.6. The average molecular weight is 466 g/mol. The molecule has 3 heterocycles. The summed E-state index contributed by atoms with van der Waals surface area (Å²) in [5, 5.41) is 12.9. The van der Waals surface area contributed by atoms with Gasteiger partial charge in [-0.05, 0) is 34.7 Å². The van der Waals surface area contributed by atoms with Gasteiger partial charge in [0.1, 0.15) is 0 Å². The van der Waals surface area contributed by atoms with Gasteiger partial charge in [-0.25, -0.2) is 0 Å². The van der Waals surface area contributed by atoms with Crippen molar-refractivity contribution in [1.82, 2.24) is 19.6 Å². The molecule has 1 aromatic carbocycles. The summed E-state index contributed by atoms with van der Waals surface area (Å²) in [6, 6.07) is 11.6. The molecule has 0 unspecified atom stereocenters. The molecular weight excluding hydrogens is 451 g/mol. The highest BCUT2D eigenvalue weighted by molar-refractivity contribution is 7.12. The van der Waals surface area contributed by atoms with Crippen LogP contribution >= 0.6 is 22.9 Å². The lowest BCUT2D eigenvalue weighted by molar-refractivity contribution is -0.141. The number of alkyl halides is 3. The molecule has 0 saturated carbocycles. The maximum atomic E-state index is 12.7. The second-order valence-corrected chi connectivity index (χ2v) is 7.98. The van der Waals surface area contributed by atoms with E-state index in [1.54, 1.807) is 34.5 Å². The molecule has 0 atom stereocenters. The molecule has 0 aliphatic heterocycles. The Morgan fingerprint density at radius 1 is 1.06 bits per heavy atom. The van der Waals surface area contributed by atoms with Gasteiger partial charge in [0, 0.05) is 23.5 Å². The number of thiophene rings is 1. The summed E-state index contributed by atoms with van der Waals surface area (Å²) < 4.78 is 40.8. The fraction of sp³-hybridized carbons (Fsp3) is 0.150. The van der Waals surface area contributed by atoms with Crippen LogP contribution in [0, 0.1) is 0 Å². The number of amides is 1. The summed E-state index contributed by atoms with van der Waals surface area (Å²) in [7, 11) is 0. The van der Waals surface area contributed by atoms with Gasteiger partial charge in [0.25, 0.3) is 5.91 Å². The van der Waals surface area contributed by atoms with Crippen molar-refractivity contribution in [2.45, 2.75) is 19.3 Å². The average Bonchev–Trinajstić information content (AvgIpc) is 3.45. The van der Waals surface area contributed by atoms with Gasteiger partial charge in [0.15, 0.2) is 11.5 Å². The van der Waals surface area contributed by atoms with Gasteiger partial charge in [0.2, 0.25) is 0 Å². The minimum Gasteiger partial charge on any atom is -0.304 e. The van der Waals surface area contributed by atoms with Gasteiger partial charge in [-0.3, -0.25) is 14.2 Å². The van der Waals surface area contributed by atoms with E-state index in [0.717, 1.165) is 11.6 Å². The molecule has 31 heavy (non-hydrogen) atoms. The zero-order valence-electron chi connectivity index (χ0n) is 15.8. The van der Waals surface area contributed by atoms with Gasteiger partial charge >= 0.3 is 6.18 Å². The van der Waals surface area contributed by atoms with Crippen LogP contribution < -0.4 is 5.32 Å². The van der Waals surface area contributed by atoms with Crippen molar-refractivity contribution in [1.29, 1.82) is 0 Å². The van der Waals surface area contributed by atoms with Crippen molar-refractivity contribution in [2.24, 2.45) is 0 Å². The molecule has 0 spiro atoms. The molecule has 0 radical (unpaired) electrons. The van der Waals surface area contributed by atoms with Crippen LogP contribution in [0.15, 0.2) is 60.2 Å². The Balaban J connectivity index is 1.38. The number of carbonyl (C=O) groups is 1. The van der Waals surface area contributed by atoms with Crippen LogP contribution in [0.5, 0.6) is 0 Å². The lowest BCUT2D eigenvalue weighted by Crippen LogP contribution is -2.11. The van der Waals surface area contributed by atoms with E-state index in [1.807, 2.05) is 18.2 Å². The Labute approximate surface area is 183 Å².